The predicted molar refractivity (Wildman–Crippen MR) is 111 cm³/mol. The normalized spacial score (nSPS) is 13.4. The molecule has 176 valence electrons. The molecule has 0 spiro atoms. The third-order valence-corrected chi connectivity index (χ3v) is 5.72. The Bertz CT molecular complexity index is 900. The van der Waals surface area contributed by atoms with Crippen LogP contribution < -0.4 is 4.74 Å². The smallest absolute Gasteiger partial charge is 0.426 e. The molecule has 0 saturated carbocycles. The first-order valence-corrected chi connectivity index (χ1v) is 11.6. The minimum atomic E-state index is -5.19. The van der Waals surface area contributed by atoms with Crippen LogP contribution in [0.15, 0.2) is 18.2 Å². The average Bonchev–Trinajstić information content (AvgIpc) is 2.63. The number of carbonyl (C=O) groups is 2. The summed E-state index contributed by atoms with van der Waals surface area (Å²) in [5, 5.41) is 0. The standard InChI is InChI=1S/C18H22F3IO8S/c1-4-17(2,3)16(24)29-8-7-28-13-6-5-11(9-12(13)22)15(23)30-14(18(19,20)21)10-31(25,26)27/h5-6,9,14H,4,7-8,10H2,1-3H3,(H,25,26,27). The molecule has 13 heteroatoms. The van der Waals surface area contributed by atoms with Crippen molar-refractivity contribution >= 4 is 44.6 Å². The molecule has 0 aliphatic rings. The summed E-state index contributed by atoms with van der Waals surface area (Å²) in [6.07, 6.45) is -7.61. The fraction of sp³-hybridized carbons (Fsp3) is 0.556. The molecule has 1 atom stereocenters. The second kappa shape index (κ2) is 10.8. The van der Waals surface area contributed by atoms with Gasteiger partial charge in [-0.05, 0) is 61.1 Å². The first kappa shape index (κ1) is 27.4. The summed E-state index contributed by atoms with van der Waals surface area (Å²) >= 11 is 1.78. The van der Waals surface area contributed by atoms with Crippen LogP contribution in [0.1, 0.15) is 37.6 Å². The number of ether oxygens (including phenoxy) is 3. The molecular formula is C18H22F3IO8S. The van der Waals surface area contributed by atoms with Gasteiger partial charge in [0, 0.05) is 0 Å². The molecule has 0 amide bonds. The Morgan fingerprint density at radius 1 is 1.19 bits per heavy atom. The van der Waals surface area contributed by atoms with Gasteiger partial charge in [-0.3, -0.25) is 9.35 Å². The van der Waals surface area contributed by atoms with Crippen molar-refractivity contribution in [1.82, 2.24) is 0 Å². The van der Waals surface area contributed by atoms with Crippen LogP contribution in [0.25, 0.3) is 0 Å². The largest absolute Gasteiger partial charge is 0.489 e. The lowest BCUT2D eigenvalue weighted by Crippen LogP contribution is -2.39. The van der Waals surface area contributed by atoms with Crippen molar-refractivity contribution in [1.29, 1.82) is 0 Å². The molecule has 31 heavy (non-hydrogen) atoms. The van der Waals surface area contributed by atoms with Crippen LogP contribution in [-0.4, -0.2) is 56.2 Å². The number of alkyl halides is 3. The lowest BCUT2D eigenvalue weighted by molar-refractivity contribution is -0.197. The molecule has 0 aromatic heterocycles. The quantitative estimate of drug-likeness (QED) is 0.193. The summed E-state index contributed by atoms with van der Waals surface area (Å²) in [7, 11) is -5.03. The molecule has 0 radical (unpaired) electrons. The van der Waals surface area contributed by atoms with Gasteiger partial charge in [0.15, 0.2) is 0 Å². The Labute approximate surface area is 191 Å². The number of rotatable bonds is 10. The molecule has 1 aromatic rings. The zero-order chi connectivity index (χ0) is 24.0. The Morgan fingerprint density at radius 2 is 1.81 bits per heavy atom. The lowest BCUT2D eigenvalue weighted by Gasteiger charge is -2.20. The van der Waals surface area contributed by atoms with Crippen LogP contribution in [0.2, 0.25) is 0 Å². The van der Waals surface area contributed by atoms with Gasteiger partial charge in [0.05, 0.1) is 14.5 Å². The van der Waals surface area contributed by atoms with Crippen molar-refractivity contribution in [3.8, 4) is 5.75 Å². The van der Waals surface area contributed by atoms with Gasteiger partial charge in [0.25, 0.3) is 10.1 Å². The first-order chi connectivity index (χ1) is 14.1. The van der Waals surface area contributed by atoms with Gasteiger partial charge >= 0.3 is 18.1 Å². The summed E-state index contributed by atoms with van der Waals surface area (Å²) in [5.74, 6) is -3.33. The summed E-state index contributed by atoms with van der Waals surface area (Å²) in [4.78, 5) is 23.9. The molecule has 0 bridgehead atoms. The molecule has 1 N–H and O–H groups in total. The van der Waals surface area contributed by atoms with E-state index in [-0.39, 0.29) is 30.5 Å². The topological polar surface area (TPSA) is 116 Å². The van der Waals surface area contributed by atoms with E-state index >= 15 is 0 Å². The third kappa shape index (κ3) is 9.19. The summed E-state index contributed by atoms with van der Waals surface area (Å²) < 4.78 is 84.0. The van der Waals surface area contributed by atoms with Crippen LogP contribution in [0, 0.1) is 8.99 Å². The molecule has 0 fully saturated rings. The Balaban J connectivity index is 2.74. The van der Waals surface area contributed by atoms with Crippen molar-refractivity contribution in [2.45, 2.75) is 39.5 Å². The maximum absolute atomic E-state index is 12.9. The maximum Gasteiger partial charge on any atom is 0.426 e. The van der Waals surface area contributed by atoms with Gasteiger partial charge in [-0.2, -0.15) is 21.6 Å². The van der Waals surface area contributed by atoms with Crippen LogP contribution in [0.4, 0.5) is 13.2 Å². The molecule has 1 aromatic carbocycles. The van der Waals surface area contributed by atoms with Crippen molar-refractivity contribution in [2.24, 2.45) is 5.41 Å². The molecule has 0 aliphatic carbocycles. The van der Waals surface area contributed by atoms with Gasteiger partial charge in [-0.1, -0.05) is 6.92 Å². The van der Waals surface area contributed by atoms with Gasteiger partial charge < -0.3 is 14.2 Å². The summed E-state index contributed by atoms with van der Waals surface area (Å²) in [6.45, 7) is 5.33. The fourth-order valence-corrected chi connectivity index (χ4v) is 3.27. The van der Waals surface area contributed by atoms with Crippen LogP contribution in [0.3, 0.4) is 0 Å². The molecule has 1 unspecified atom stereocenters. The average molecular weight is 582 g/mol. The highest BCUT2D eigenvalue weighted by molar-refractivity contribution is 14.1. The Morgan fingerprint density at radius 3 is 2.29 bits per heavy atom. The molecule has 0 saturated heterocycles. The van der Waals surface area contributed by atoms with E-state index in [1.165, 1.54) is 12.1 Å². The highest BCUT2D eigenvalue weighted by atomic mass is 127. The van der Waals surface area contributed by atoms with Gasteiger partial charge in [0.2, 0.25) is 6.10 Å². The number of hydrogen-bond acceptors (Lipinski definition) is 7. The van der Waals surface area contributed by atoms with Crippen molar-refractivity contribution in [3.05, 3.63) is 27.3 Å². The van der Waals surface area contributed by atoms with E-state index in [1.807, 2.05) is 6.92 Å². The molecule has 0 heterocycles. The van der Waals surface area contributed by atoms with Gasteiger partial charge in [0.1, 0.15) is 24.7 Å². The molecular weight excluding hydrogens is 560 g/mol. The molecule has 0 aliphatic heterocycles. The number of hydrogen-bond donors (Lipinski definition) is 1. The lowest BCUT2D eigenvalue weighted by atomic mass is 9.91. The Hall–Kier alpha value is -1.61. The van der Waals surface area contributed by atoms with Gasteiger partial charge in [-0.15, -0.1) is 0 Å². The SMILES string of the molecule is CCC(C)(C)C(=O)OCCOc1ccc(C(=O)OC(CS(=O)(=O)O)C(F)(F)F)cc1I. The zero-order valence-electron chi connectivity index (χ0n) is 16.9. The minimum absolute atomic E-state index is 0.00976. The van der Waals surface area contributed by atoms with E-state index in [1.54, 1.807) is 36.4 Å². The van der Waals surface area contributed by atoms with E-state index < -0.39 is 39.5 Å². The Kier molecular flexibility index (Phi) is 9.56. The first-order valence-electron chi connectivity index (χ1n) is 8.89. The second-order valence-corrected chi connectivity index (χ2v) is 9.71. The van der Waals surface area contributed by atoms with E-state index in [4.69, 9.17) is 14.0 Å². The number of carbonyl (C=O) groups excluding carboxylic acids is 2. The van der Waals surface area contributed by atoms with E-state index in [0.717, 1.165) is 6.07 Å². The van der Waals surface area contributed by atoms with E-state index in [0.29, 0.717) is 9.99 Å². The van der Waals surface area contributed by atoms with Crippen LogP contribution in [-0.2, 0) is 24.4 Å². The predicted octanol–water partition coefficient (Wildman–Crippen LogP) is 3.62. The fourth-order valence-electron chi connectivity index (χ4n) is 1.95. The molecule has 1 rings (SSSR count). The van der Waals surface area contributed by atoms with E-state index in [2.05, 4.69) is 4.74 Å². The highest BCUT2D eigenvalue weighted by Gasteiger charge is 2.45. The number of halogens is 4. The van der Waals surface area contributed by atoms with Crippen molar-refractivity contribution < 1.29 is 49.9 Å². The molecule has 8 nitrogen and oxygen atoms in total. The second-order valence-electron chi connectivity index (χ2n) is 7.05. The number of esters is 2. The van der Waals surface area contributed by atoms with Crippen molar-refractivity contribution in [3.63, 3.8) is 0 Å². The van der Waals surface area contributed by atoms with Gasteiger partial charge in [-0.25, -0.2) is 4.79 Å². The summed E-state index contributed by atoms with van der Waals surface area (Å²) in [6, 6.07) is 3.62. The summed E-state index contributed by atoms with van der Waals surface area (Å²) in [5.41, 5.74) is -0.905. The third-order valence-electron chi connectivity index (χ3n) is 4.15. The van der Waals surface area contributed by atoms with Crippen LogP contribution in [0.5, 0.6) is 5.75 Å². The zero-order valence-corrected chi connectivity index (χ0v) is 19.8. The highest BCUT2D eigenvalue weighted by Crippen LogP contribution is 2.27. The van der Waals surface area contributed by atoms with E-state index in [9.17, 15) is 31.2 Å². The van der Waals surface area contributed by atoms with Crippen LogP contribution >= 0.6 is 22.6 Å². The number of benzene rings is 1. The minimum Gasteiger partial charge on any atom is -0.489 e. The van der Waals surface area contributed by atoms with Crippen molar-refractivity contribution in [2.75, 3.05) is 19.0 Å². The maximum atomic E-state index is 12.9. The monoisotopic (exact) mass is 582 g/mol.